The molecule has 0 fully saturated rings. The summed E-state index contributed by atoms with van der Waals surface area (Å²) in [5.41, 5.74) is 3.75. The quantitative estimate of drug-likeness (QED) is 0.518. The molecule has 0 spiro atoms. The molecule has 0 radical (unpaired) electrons. The van der Waals surface area contributed by atoms with Crippen LogP contribution in [0.2, 0.25) is 10.0 Å². The molecule has 0 heterocycles. The first-order valence-electron chi connectivity index (χ1n) is 5.55. The third kappa shape index (κ3) is 3.46. The molecule has 20 heavy (non-hydrogen) atoms. The Labute approximate surface area is 125 Å². The fourth-order valence-electron chi connectivity index (χ4n) is 1.49. The number of nitro groups is 1. The van der Waals surface area contributed by atoms with Gasteiger partial charge in [0.05, 0.1) is 26.9 Å². The van der Waals surface area contributed by atoms with Crippen LogP contribution in [0.4, 0.5) is 11.4 Å². The van der Waals surface area contributed by atoms with E-state index >= 15 is 0 Å². The molecule has 0 aromatic heterocycles. The van der Waals surface area contributed by atoms with Crippen molar-refractivity contribution in [3.05, 3.63) is 68.2 Å². The normalized spacial score (nSPS) is 10.7. The molecule has 2 rings (SSSR count). The van der Waals surface area contributed by atoms with Crippen LogP contribution in [0.3, 0.4) is 0 Å². The predicted molar refractivity (Wildman–Crippen MR) is 80.8 cm³/mol. The van der Waals surface area contributed by atoms with Gasteiger partial charge < -0.3 is 0 Å². The van der Waals surface area contributed by atoms with Crippen molar-refractivity contribution in [2.24, 2.45) is 5.10 Å². The number of nitrogens with one attached hydrogen (secondary N) is 1. The zero-order valence-corrected chi connectivity index (χ0v) is 11.6. The molecule has 0 bridgehead atoms. The van der Waals surface area contributed by atoms with Gasteiger partial charge in [-0.15, -0.1) is 0 Å². The summed E-state index contributed by atoms with van der Waals surface area (Å²) in [5.74, 6) is 0. The molecule has 1 N–H and O–H groups in total. The van der Waals surface area contributed by atoms with E-state index in [1.807, 2.05) is 0 Å². The number of benzene rings is 2. The highest BCUT2D eigenvalue weighted by atomic mass is 35.5. The lowest BCUT2D eigenvalue weighted by Crippen LogP contribution is -1.93. The molecule has 2 aromatic carbocycles. The highest BCUT2D eigenvalue weighted by molar-refractivity contribution is 6.38. The summed E-state index contributed by atoms with van der Waals surface area (Å²) in [7, 11) is 0. The van der Waals surface area contributed by atoms with Crippen LogP contribution in [0.5, 0.6) is 0 Å². The zero-order chi connectivity index (χ0) is 14.5. The molecule has 0 unspecified atom stereocenters. The van der Waals surface area contributed by atoms with Gasteiger partial charge in [-0.3, -0.25) is 15.5 Å². The Morgan fingerprint density at radius 2 is 1.80 bits per heavy atom. The standard InChI is InChI=1S/C13H9Cl2N3O2/c14-12-5-2-6-13(15)11(12)8-16-17-9-3-1-4-10(7-9)18(19)20/h1-8,17H. The van der Waals surface area contributed by atoms with Crippen LogP contribution in [0, 0.1) is 10.1 Å². The second-order valence-corrected chi connectivity index (χ2v) is 4.63. The first-order valence-corrected chi connectivity index (χ1v) is 6.31. The van der Waals surface area contributed by atoms with Crippen molar-refractivity contribution in [3.63, 3.8) is 0 Å². The molecule has 5 nitrogen and oxygen atoms in total. The Balaban J connectivity index is 2.14. The van der Waals surface area contributed by atoms with Gasteiger partial charge in [-0.2, -0.15) is 5.10 Å². The SMILES string of the molecule is O=[N+]([O-])c1cccc(NN=Cc2c(Cl)cccc2Cl)c1. The molecule has 0 saturated carbocycles. The molecule has 0 amide bonds. The average Bonchev–Trinajstić information content (AvgIpc) is 2.42. The summed E-state index contributed by atoms with van der Waals surface area (Å²) in [4.78, 5) is 10.2. The Bertz CT molecular complexity index is 654. The molecular formula is C13H9Cl2N3O2. The number of nitrogens with zero attached hydrogens (tertiary/aromatic N) is 2. The van der Waals surface area contributed by atoms with Gasteiger partial charge in [0.1, 0.15) is 0 Å². The van der Waals surface area contributed by atoms with E-state index in [0.717, 1.165) is 0 Å². The van der Waals surface area contributed by atoms with E-state index in [-0.39, 0.29) is 5.69 Å². The maximum Gasteiger partial charge on any atom is 0.271 e. The van der Waals surface area contributed by atoms with Gasteiger partial charge in [-0.25, -0.2) is 0 Å². The summed E-state index contributed by atoms with van der Waals surface area (Å²) in [5, 5.41) is 15.6. The molecule has 2 aromatic rings. The number of hydrogen-bond acceptors (Lipinski definition) is 4. The lowest BCUT2D eigenvalue weighted by molar-refractivity contribution is -0.384. The monoisotopic (exact) mass is 309 g/mol. The van der Waals surface area contributed by atoms with Crippen molar-refractivity contribution < 1.29 is 4.92 Å². The van der Waals surface area contributed by atoms with Crippen LogP contribution in [0.15, 0.2) is 47.6 Å². The largest absolute Gasteiger partial charge is 0.278 e. The topological polar surface area (TPSA) is 67.5 Å². The lowest BCUT2D eigenvalue weighted by atomic mass is 10.2. The smallest absolute Gasteiger partial charge is 0.271 e. The fraction of sp³-hybridized carbons (Fsp3) is 0. The van der Waals surface area contributed by atoms with E-state index in [0.29, 0.717) is 21.3 Å². The third-order valence-corrected chi connectivity index (χ3v) is 3.10. The van der Waals surface area contributed by atoms with Crippen LogP contribution in [-0.4, -0.2) is 11.1 Å². The van der Waals surface area contributed by atoms with Crippen LogP contribution in [-0.2, 0) is 0 Å². The molecule has 0 saturated heterocycles. The minimum Gasteiger partial charge on any atom is -0.278 e. The van der Waals surface area contributed by atoms with E-state index in [1.165, 1.54) is 18.3 Å². The first-order chi connectivity index (χ1) is 9.58. The number of hydrazone groups is 1. The summed E-state index contributed by atoms with van der Waals surface area (Å²) in [6.07, 6.45) is 1.46. The molecule has 102 valence electrons. The Kier molecular flexibility index (Phi) is 4.55. The van der Waals surface area contributed by atoms with Gasteiger partial charge in [0.2, 0.25) is 0 Å². The number of non-ortho nitro benzene ring substituents is 1. The van der Waals surface area contributed by atoms with Crippen molar-refractivity contribution in [3.8, 4) is 0 Å². The molecule has 0 atom stereocenters. The van der Waals surface area contributed by atoms with E-state index in [9.17, 15) is 10.1 Å². The number of halogens is 2. The first kappa shape index (κ1) is 14.3. The number of nitro benzene ring substituents is 1. The molecule has 0 aliphatic heterocycles. The summed E-state index contributed by atoms with van der Waals surface area (Å²) < 4.78 is 0. The summed E-state index contributed by atoms with van der Waals surface area (Å²) in [6, 6.07) is 11.1. The van der Waals surface area contributed by atoms with E-state index in [1.54, 1.807) is 30.3 Å². The maximum atomic E-state index is 10.6. The van der Waals surface area contributed by atoms with E-state index in [2.05, 4.69) is 10.5 Å². The minimum absolute atomic E-state index is 0.0130. The van der Waals surface area contributed by atoms with Crippen molar-refractivity contribution in [1.29, 1.82) is 0 Å². The van der Waals surface area contributed by atoms with Crippen molar-refractivity contribution in [1.82, 2.24) is 0 Å². The minimum atomic E-state index is -0.472. The van der Waals surface area contributed by atoms with Crippen LogP contribution in [0.25, 0.3) is 0 Å². The second kappa shape index (κ2) is 6.36. The van der Waals surface area contributed by atoms with Crippen LogP contribution < -0.4 is 5.43 Å². The summed E-state index contributed by atoms with van der Waals surface area (Å²) in [6.45, 7) is 0. The second-order valence-electron chi connectivity index (χ2n) is 3.81. The highest BCUT2D eigenvalue weighted by Crippen LogP contribution is 2.22. The Hall–Kier alpha value is -2.11. The van der Waals surface area contributed by atoms with Gasteiger partial charge >= 0.3 is 0 Å². The van der Waals surface area contributed by atoms with Gasteiger partial charge in [-0.1, -0.05) is 35.3 Å². The van der Waals surface area contributed by atoms with E-state index < -0.39 is 4.92 Å². The average molecular weight is 310 g/mol. The van der Waals surface area contributed by atoms with Gasteiger partial charge in [0.15, 0.2) is 0 Å². The van der Waals surface area contributed by atoms with Crippen LogP contribution >= 0.6 is 23.2 Å². The van der Waals surface area contributed by atoms with Gasteiger partial charge in [0, 0.05) is 17.7 Å². The maximum absolute atomic E-state index is 10.6. The fourth-order valence-corrected chi connectivity index (χ4v) is 1.99. The molecule has 7 heteroatoms. The van der Waals surface area contributed by atoms with Crippen molar-refractivity contribution in [2.45, 2.75) is 0 Å². The number of hydrogen-bond donors (Lipinski definition) is 1. The zero-order valence-electron chi connectivity index (χ0n) is 10.1. The van der Waals surface area contributed by atoms with Crippen molar-refractivity contribution in [2.75, 3.05) is 5.43 Å². The predicted octanol–water partition coefficient (Wildman–Crippen LogP) is 4.35. The Morgan fingerprint density at radius 3 is 2.45 bits per heavy atom. The summed E-state index contributed by atoms with van der Waals surface area (Å²) >= 11 is 12.0. The molecular weight excluding hydrogens is 301 g/mol. The molecule has 0 aliphatic rings. The van der Waals surface area contributed by atoms with Gasteiger partial charge in [-0.05, 0) is 18.2 Å². The Morgan fingerprint density at radius 1 is 1.15 bits per heavy atom. The number of rotatable bonds is 4. The third-order valence-electron chi connectivity index (χ3n) is 2.44. The lowest BCUT2D eigenvalue weighted by Gasteiger charge is -2.02. The van der Waals surface area contributed by atoms with Crippen molar-refractivity contribution >= 4 is 40.8 Å². The van der Waals surface area contributed by atoms with E-state index in [4.69, 9.17) is 23.2 Å². The van der Waals surface area contributed by atoms with Gasteiger partial charge in [0.25, 0.3) is 5.69 Å². The number of anilines is 1. The highest BCUT2D eigenvalue weighted by Gasteiger charge is 2.05. The molecule has 0 aliphatic carbocycles. The van der Waals surface area contributed by atoms with Crippen LogP contribution in [0.1, 0.15) is 5.56 Å².